The van der Waals surface area contributed by atoms with Gasteiger partial charge in [-0.15, -0.1) is 11.8 Å². The smallest absolute Gasteiger partial charge is 0.132 e. The van der Waals surface area contributed by atoms with Crippen LogP contribution in [-0.2, 0) is 0 Å². The van der Waals surface area contributed by atoms with E-state index in [1.807, 2.05) is 24.3 Å². The van der Waals surface area contributed by atoms with Crippen LogP contribution in [0.5, 0.6) is 5.75 Å². The van der Waals surface area contributed by atoms with E-state index in [2.05, 4.69) is 0 Å². The molecule has 1 aliphatic rings. The molecule has 0 spiro atoms. The Labute approximate surface area is 74.9 Å². The Morgan fingerprint density at radius 2 is 2.33 bits per heavy atom. The van der Waals surface area contributed by atoms with Gasteiger partial charge in [0.05, 0.1) is 5.25 Å². The van der Waals surface area contributed by atoms with Gasteiger partial charge < -0.3 is 4.74 Å². The molecule has 0 aromatic heterocycles. The zero-order valence-corrected chi connectivity index (χ0v) is 7.31. The summed E-state index contributed by atoms with van der Waals surface area (Å²) < 4.78 is 17.6. The summed E-state index contributed by atoms with van der Waals surface area (Å²) in [5.41, 5.74) is 0. The summed E-state index contributed by atoms with van der Waals surface area (Å²) in [7, 11) is 0. The van der Waals surface area contributed by atoms with Crippen molar-refractivity contribution in [3.8, 4) is 5.75 Å². The summed E-state index contributed by atoms with van der Waals surface area (Å²) in [4.78, 5) is 1.05. The first-order valence-corrected chi connectivity index (χ1v) is 4.72. The van der Waals surface area contributed by atoms with Crippen molar-refractivity contribution in [3.05, 3.63) is 24.3 Å². The van der Waals surface area contributed by atoms with Crippen molar-refractivity contribution in [1.82, 2.24) is 0 Å². The molecule has 0 radical (unpaired) electrons. The number of hydrogen-bond acceptors (Lipinski definition) is 2. The third-order valence-electron chi connectivity index (χ3n) is 1.74. The molecule has 0 amide bonds. The fourth-order valence-corrected chi connectivity index (χ4v) is 2.10. The predicted molar refractivity (Wildman–Crippen MR) is 47.6 cm³/mol. The van der Waals surface area contributed by atoms with Gasteiger partial charge in [-0.3, -0.25) is 0 Å². The molecular weight excluding hydrogens is 175 g/mol. The minimum Gasteiger partial charge on any atom is -0.491 e. The van der Waals surface area contributed by atoms with E-state index in [0.717, 1.165) is 10.6 Å². The van der Waals surface area contributed by atoms with E-state index in [-0.39, 0.29) is 11.9 Å². The quantitative estimate of drug-likeness (QED) is 0.663. The second-order valence-corrected chi connectivity index (χ2v) is 3.99. The maximum Gasteiger partial charge on any atom is 0.132 e. The van der Waals surface area contributed by atoms with Gasteiger partial charge in [0.25, 0.3) is 0 Å². The molecule has 0 saturated heterocycles. The van der Waals surface area contributed by atoms with Gasteiger partial charge in [-0.05, 0) is 12.1 Å². The van der Waals surface area contributed by atoms with Crippen LogP contribution in [0.4, 0.5) is 4.39 Å². The number of halogens is 1. The van der Waals surface area contributed by atoms with Gasteiger partial charge >= 0.3 is 0 Å². The van der Waals surface area contributed by atoms with Crippen LogP contribution in [0, 0.1) is 0 Å². The largest absolute Gasteiger partial charge is 0.491 e. The zero-order chi connectivity index (χ0) is 8.39. The first-order chi connectivity index (χ1) is 5.90. The molecular formula is C9H9FOS. The molecule has 1 heterocycles. The average molecular weight is 184 g/mol. The Kier molecular flexibility index (Phi) is 2.21. The molecule has 1 unspecified atom stereocenters. The SMILES string of the molecule is FCC1COc2ccccc2S1. The van der Waals surface area contributed by atoms with Gasteiger partial charge in [0.1, 0.15) is 19.0 Å². The highest BCUT2D eigenvalue weighted by atomic mass is 32.2. The lowest BCUT2D eigenvalue weighted by atomic mass is 10.3. The van der Waals surface area contributed by atoms with Crippen molar-refractivity contribution < 1.29 is 9.13 Å². The van der Waals surface area contributed by atoms with E-state index >= 15 is 0 Å². The number of benzene rings is 1. The number of fused-ring (bicyclic) bond motifs is 1. The first-order valence-electron chi connectivity index (χ1n) is 3.84. The molecule has 0 saturated carbocycles. The van der Waals surface area contributed by atoms with Crippen LogP contribution in [0.25, 0.3) is 0 Å². The highest BCUT2D eigenvalue weighted by Gasteiger charge is 2.19. The maximum atomic E-state index is 12.3. The molecule has 64 valence electrons. The number of alkyl halides is 1. The van der Waals surface area contributed by atoms with Gasteiger partial charge in [-0.1, -0.05) is 12.1 Å². The Morgan fingerprint density at radius 3 is 3.17 bits per heavy atom. The molecule has 1 nitrogen and oxygen atoms in total. The molecule has 1 aromatic rings. The van der Waals surface area contributed by atoms with E-state index in [1.165, 1.54) is 0 Å². The Bertz CT molecular complexity index is 277. The van der Waals surface area contributed by atoms with Gasteiger partial charge in [-0.25, -0.2) is 4.39 Å². The number of rotatable bonds is 1. The van der Waals surface area contributed by atoms with Crippen LogP contribution < -0.4 is 4.74 Å². The molecule has 1 aromatic carbocycles. The van der Waals surface area contributed by atoms with Crippen LogP contribution in [-0.4, -0.2) is 18.5 Å². The van der Waals surface area contributed by atoms with E-state index in [1.54, 1.807) is 11.8 Å². The predicted octanol–water partition coefficient (Wildman–Crippen LogP) is 2.51. The minimum absolute atomic E-state index is 0.0279. The van der Waals surface area contributed by atoms with Crippen molar-refractivity contribution in [3.63, 3.8) is 0 Å². The van der Waals surface area contributed by atoms with Crippen molar-refractivity contribution in [2.75, 3.05) is 13.3 Å². The van der Waals surface area contributed by atoms with Gasteiger partial charge in [-0.2, -0.15) is 0 Å². The summed E-state index contributed by atoms with van der Waals surface area (Å²) >= 11 is 1.56. The topological polar surface area (TPSA) is 9.23 Å². The Balaban J connectivity index is 2.23. The third-order valence-corrected chi connectivity index (χ3v) is 2.93. The lowest BCUT2D eigenvalue weighted by molar-refractivity contribution is 0.283. The summed E-state index contributed by atoms with van der Waals surface area (Å²) in [6.45, 7) is 0.164. The standard InChI is InChI=1S/C9H9FOS/c10-5-7-6-11-8-3-1-2-4-9(8)12-7/h1-4,7H,5-6H2. The monoisotopic (exact) mass is 184 g/mol. The molecule has 0 fully saturated rings. The van der Waals surface area contributed by atoms with E-state index in [9.17, 15) is 4.39 Å². The molecule has 12 heavy (non-hydrogen) atoms. The van der Waals surface area contributed by atoms with Gasteiger partial charge in [0.15, 0.2) is 0 Å². The van der Waals surface area contributed by atoms with Crippen LogP contribution >= 0.6 is 11.8 Å². The van der Waals surface area contributed by atoms with Crippen LogP contribution in [0.1, 0.15) is 0 Å². The fraction of sp³-hybridized carbons (Fsp3) is 0.333. The van der Waals surface area contributed by atoms with Gasteiger partial charge in [0, 0.05) is 4.90 Å². The van der Waals surface area contributed by atoms with Crippen LogP contribution in [0.2, 0.25) is 0 Å². The molecule has 1 aliphatic heterocycles. The summed E-state index contributed by atoms with van der Waals surface area (Å²) in [5.74, 6) is 0.882. The van der Waals surface area contributed by atoms with Crippen molar-refractivity contribution in [1.29, 1.82) is 0 Å². The average Bonchev–Trinajstić information content (AvgIpc) is 2.17. The van der Waals surface area contributed by atoms with Crippen LogP contribution in [0.3, 0.4) is 0 Å². The van der Waals surface area contributed by atoms with E-state index in [0.29, 0.717) is 6.61 Å². The minimum atomic E-state index is -0.320. The first kappa shape index (κ1) is 7.92. The molecule has 2 rings (SSSR count). The van der Waals surface area contributed by atoms with Crippen LogP contribution in [0.15, 0.2) is 29.2 Å². The van der Waals surface area contributed by atoms with Crippen molar-refractivity contribution in [2.24, 2.45) is 0 Å². The lowest BCUT2D eigenvalue weighted by Gasteiger charge is -2.22. The maximum absolute atomic E-state index is 12.3. The van der Waals surface area contributed by atoms with Gasteiger partial charge in [0.2, 0.25) is 0 Å². The Hall–Kier alpha value is -0.700. The zero-order valence-electron chi connectivity index (χ0n) is 6.50. The van der Waals surface area contributed by atoms with Crippen molar-refractivity contribution >= 4 is 11.8 Å². The summed E-state index contributed by atoms with van der Waals surface area (Å²) in [5, 5.41) is -0.0279. The third kappa shape index (κ3) is 1.41. The van der Waals surface area contributed by atoms with E-state index in [4.69, 9.17) is 4.74 Å². The number of para-hydroxylation sites is 1. The second kappa shape index (κ2) is 3.35. The normalized spacial score (nSPS) is 21.2. The Morgan fingerprint density at radius 1 is 1.50 bits per heavy atom. The molecule has 0 bridgehead atoms. The molecule has 3 heteroatoms. The lowest BCUT2D eigenvalue weighted by Crippen LogP contribution is -2.20. The second-order valence-electron chi connectivity index (χ2n) is 2.65. The van der Waals surface area contributed by atoms with E-state index < -0.39 is 0 Å². The fourth-order valence-electron chi connectivity index (χ4n) is 1.14. The number of ether oxygens (including phenoxy) is 1. The summed E-state index contributed by atoms with van der Waals surface area (Å²) in [6.07, 6.45) is 0. The molecule has 0 N–H and O–H groups in total. The molecule has 1 atom stereocenters. The number of hydrogen-bond donors (Lipinski definition) is 0. The highest BCUT2D eigenvalue weighted by molar-refractivity contribution is 8.00. The molecule has 0 aliphatic carbocycles. The summed E-state index contributed by atoms with van der Waals surface area (Å²) in [6, 6.07) is 7.74. The van der Waals surface area contributed by atoms with Crippen molar-refractivity contribution in [2.45, 2.75) is 10.1 Å². The highest BCUT2D eigenvalue weighted by Crippen LogP contribution is 2.36. The number of thioether (sulfide) groups is 1.